The summed E-state index contributed by atoms with van der Waals surface area (Å²) in [5, 5.41) is 7.76. The van der Waals surface area contributed by atoms with E-state index < -0.39 is 0 Å². The van der Waals surface area contributed by atoms with Gasteiger partial charge in [0, 0.05) is 24.7 Å². The Labute approximate surface area is 95.0 Å². The number of aryl methyl sites for hydroxylation is 1. The van der Waals surface area contributed by atoms with Crippen molar-refractivity contribution in [3.63, 3.8) is 0 Å². The summed E-state index contributed by atoms with van der Waals surface area (Å²) >= 11 is 0. The van der Waals surface area contributed by atoms with Crippen LogP contribution in [0.25, 0.3) is 0 Å². The first-order valence-electron chi connectivity index (χ1n) is 5.66. The molecule has 0 saturated heterocycles. The van der Waals surface area contributed by atoms with Crippen LogP contribution < -0.4 is 5.73 Å². The summed E-state index contributed by atoms with van der Waals surface area (Å²) in [6.07, 6.45) is 5.01. The lowest BCUT2D eigenvalue weighted by molar-refractivity contribution is -0.127. The number of ketones is 1. The van der Waals surface area contributed by atoms with E-state index in [0.717, 1.165) is 25.0 Å². The molecule has 0 bridgehead atoms. The molecule has 1 heterocycles. The third kappa shape index (κ3) is 1.87. The summed E-state index contributed by atoms with van der Waals surface area (Å²) in [6, 6.07) is -0.00308. The molecule has 2 rings (SSSR count). The van der Waals surface area contributed by atoms with E-state index in [1.807, 2.05) is 6.92 Å². The average molecular weight is 222 g/mol. The smallest absolute Gasteiger partial charge is 0.146 e. The van der Waals surface area contributed by atoms with Crippen LogP contribution in [0.2, 0.25) is 0 Å². The van der Waals surface area contributed by atoms with Crippen LogP contribution in [0.4, 0.5) is 0 Å². The summed E-state index contributed by atoms with van der Waals surface area (Å²) in [6.45, 7) is 1.98. The van der Waals surface area contributed by atoms with Crippen molar-refractivity contribution in [2.24, 2.45) is 18.2 Å². The highest BCUT2D eigenvalue weighted by atomic mass is 16.1. The molecule has 1 aliphatic rings. The van der Waals surface area contributed by atoms with E-state index in [1.165, 1.54) is 0 Å². The lowest BCUT2D eigenvalue weighted by Crippen LogP contribution is -2.41. The molecule has 1 aliphatic carbocycles. The van der Waals surface area contributed by atoms with E-state index in [2.05, 4.69) is 10.3 Å². The van der Waals surface area contributed by atoms with E-state index in [4.69, 9.17) is 5.73 Å². The Morgan fingerprint density at radius 3 is 3.00 bits per heavy atom. The molecule has 1 aromatic rings. The van der Waals surface area contributed by atoms with Crippen LogP contribution in [0.3, 0.4) is 0 Å². The third-order valence-corrected chi connectivity index (χ3v) is 3.66. The van der Waals surface area contributed by atoms with Gasteiger partial charge in [-0.25, -0.2) is 0 Å². The molecule has 0 radical (unpaired) electrons. The van der Waals surface area contributed by atoms with Gasteiger partial charge in [-0.15, -0.1) is 5.10 Å². The molecule has 0 amide bonds. The molecule has 0 aromatic carbocycles. The largest absolute Gasteiger partial charge is 0.327 e. The summed E-state index contributed by atoms with van der Waals surface area (Å²) in [7, 11) is 1.80. The minimum atomic E-state index is -0.364. The topological polar surface area (TPSA) is 73.8 Å². The van der Waals surface area contributed by atoms with E-state index in [9.17, 15) is 4.79 Å². The Kier molecular flexibility index (Phi) is 2.80. The first-order valence-corrected chi connectivity index (χ1v) is 5.66. The number of aromatic nitrogens is 3. The molecule has 88 valence electrons. The highest BCUT2D eigenvalue weighted by Gasteiger charge is 2.42. The fourth-order valence-corrected chi connectivity index (χ4v) is 2.38. The summed E-state index contributed by atoms with van der Waals surface area (Å²) in [5.74, 6) is 0.193. The fourth-order valence-electron chi connectivity index (χ4n) is 2.38. The van der Waals surface area contributed by atoms with Gasteiger partial charge in [0.2, 0.25) is 0 Å². The van der Waals surface area contributed by atoms with Crippen LogP contribution in [0, 0.1) is 5.41 Å². The van der Waals surface area contributed by atoms with Crippen LogP contribution in [0.5, 0.6) is 0 Å². The minimum Gasteiger partial charge on any atom is -0.327 e. The SMILES string of the molecule is Cn1cc(CC(=O)C2(C)CCCC2N)nn1. The number of carbonyl (C=O) groups is 1. The fraction of sp³-hybridized carbons (Fsp3) is 0.727. The van der Waals surface area contributed by atoms with Gasteiger partial charge < -0.3 is 5.73 Å². The minimum absolute atomic E-state index is 0.00308. The van der Waals surface area contributed by atoms with Crippen molar-refractivity contribution in [1.29, 1.82) is 0 Å². The van der Waals surface area contributed by atoms with Crippen molar-refractivity contribution >= 4 is 5.78 Å². The molecule has 1 saturated carbocycles. The Morgan fingerprint density at radius 2 is 2.50 bits per heavy atom. The second-order valence-electron chi connectivity index (χ2n) is 4.90. The van der Waals surface area contributed by atoms with E-state index >= 15 is 0 Å². The lowest BCUT2D eigenvalue weighted by Gasteiger charge is -2.26. The van der Waals surface area contributed by atoms with Gasteiger partial charge in [0.25, 0.3) is 0 Å². The van der Waals surface area contributed by atoms with Crippen LogP contribution >= 0.6 is 0 Å². The third-order valence-electron chi connectivity index (χ3n) is 3.66. The van der Waals surface area contributed by atoms with Crippen molar-refractivity contribution in [1.82, 2.24) is 15.0 Å². The number of nitrogens with two attached hydrogens (primary N) is 1. The maximum Gasteiger partial charge on any atom is 0.146 e. The molecule has 5 heteroatoms. The van der Waals surface area contributed by atoms with Crippen molar-refractivity contribution in [2.45, 2.75) is 38.6 Å². The van der Waals surface area contributed by atoms with Crippen molar-refractivity contribution in [3.8, 4) is 0 Å². The standard InChI is InChI=1S/C11H18N4O/c1-11(5-3-4-9(11)12)10(16)6-8-7-15(2)14-13-8/h7,9H,3-6,12H2,1-2H3. The Hall–Kier alpha value is -1.23. The zero-order valence-electron chi connectivity index (χ0n) is 9.81. The van der Waals surface area contributed by atoms with Gasteiger partial charge in [0.1, 0.15) is 5.78 Å². The molecule has 1 fully saturated rings. The zero-order chi connectivity index (χ0) is 11.8. The van der Waals surface area contributed by atoms with Crippen molar-refractivity contribution < 1.29 is 4.79 Å². The molecular formula is C11H18N4O. The number of nitrogens with zero attached hydrogens (tertiary/aromatic N) is 3. The summed E-state index contributed by atoms with van der Waals surface area (Å²) in [4.78, 5) is 12.2. The Balaban J connectivity index is 2.08. The van der Waals surface area contributed by atoms with Crippen LogP contribution in [0.15, 0.2) is 6.20 Å². The van der Waals surface area contributed by atoms with Crippen molar-refractivity contribution in [3.05, 3.63) is 11.9 Å². The normalized spacial score (nSPS) is 29.6. The van der Waals surface area contributed by atoms with Crippen LogP contribution in [-0.4, -0.2) is 26.8 Å². The molecule has 2 N–H and O–H groups in total. The monoisotopic (exact) mass is 222 g/mol. The molecule has 5 nitrogen and oxygen atoms in total. The van der Waals surface area contributed by atoms with Gasteiger partial charge in [0.05, 0.1) is 12.1 Å². The van der Waals surface area contributed by atoms with Gasteiger partial charge in [-0.2, -0.15) is 0 Å². The number of carbonyl (C=O) groups excluding carboxylic acids is 1. The van der Waals surface area contributed by atoms with Gasteiger partial charge in [-0.1, -0.05) is 18.6 Å². The maximum atomic E-state index is 12.2. The molecule has 1 aromatic heterocycles. The Morgan fingerprint density at radius 1 is 1.75 bits per heavy atom. The molecular weight excluding hydrogens is 204 g/mol. The van der Waals surface area contributed by atoms with Gasteiger partial charge in [-0.05, 0) is 12.8 Å². The lowest BCUT2D eigenvalue weighted by atomic mass is 9.79. The van der Waals surface area contributed by atoms with Crippen LogP contribution in [0.1, 0.15) is 31.9 Å². The van der Waals surface area contributed by atoms with Gasteiger partial charge in [-0.3, -0.25) is 9.48 Å². The van der Waals surface area contributed by atoms with E-state index in [1.54, 1.807) is 17.9 Å². The molecule has 0 aliphatic heterocycles. The summed E-state index contributed by atoms with van der Waals surface area (Å²) < 4.78 is 1.61. The maximum absolute atomic E-state index is 12.2. The quantitative estimate of drug-likeness (QED) is 0.805. The predicted octanol–water partition coefficient (Wildman–Crippen LogP) is 0.444. The van der Waals surface area contributed by atoms with E-state index in [-0.39, 0.29) is 17.2 Å². The molecule has 16 heavy (non-hydrogen) atoms. The first kappa shape index (κ1) is 11.3. The second-order valence-corrected chi connectivity index (χ2v) is 4.90. The predicted molar refractivity (Wildman–Crippen MR) is 59.6 cm³/mol. The summed E-state index contributed by atoms with van der Waals surface area (Å²) in [5.41, 5.74) is 6.38. The number of hydrogen-bond acceptors (Lipinski definition) is 4. The number of rotatable bonds is 3. The molecule has 2 atom stereocenters. The van der Waals surface area contributed by atoms with Gasteiger partial charge in [0.15, 0.2) is 0 Å². The first-order chi connectivity index (χ1) is 7.52. The second kappa shape index (κ2) is 3.97. The number of Topliss-reactive ketones (excluding diaryl/α,β-unsaturated/α-hetero) is 1. The average Bonchev–Trinajstić information content (AvgIpc) is 2.76. The highest BCUT2D eigenvalue weighted by Crippen LogP contribution is 2.38. The molecule has 0 spiro atoms. The number of hydrogen-bond donors (Lipinski definition) is 1. The van der Waals surface area contributed by atoms with Crippen molar-refractivity contribution in [2.75, 3.05) is 0 Å². The van der Waals surface area contributed by atoms with Gasteiger partial charge >= 0.3 is 0 Å². The zero-order valence-corrected chi connectivity index (χ0v) is 9.81. The molecule has 2 unspecified atom stereocenters. The van der Waals surface area contributed by atoms with E-state index in [0.29, 0.717) is 6.42 Å². The highest BCUT2D eigenvalue weighted by molar-refractivity contribution is 5.87. The Bertz CT molecular complexity index is 400. The van der Waals surface area contributed by atoms with Crippen LogP contribution in [-0.2, 0) is 18.3 Å².